The lowest BCUT2D eigenvalue weighted by molar-refractivity contribution is -0.138. The van der Waals surface area contributed by atoms with Gasteiger partial charge in [0.05, 0.1) is 12.8 Å². The van der Waals surface area contributed by atoms with Gasteiger partial charge in [-0.25, -0.2) is 0 Å². The molecule has 1 atom stereocenters. The summed E-state index contributed by atoms with van der Waals surface area (Å²) in [6.07, 6.45) is 0. The van der Waals surface area contributed by atoms with Gasteiger partial charge < -0.3 is 15.6 Å². The van der Waals surface area contributed by atoms with Gasteiger partial charge in [-0.2, -0.15) is 0 Å². The van der Waals surface area contributed by atoms with E-state index in [1.54, 1.807) is 0 Å². The topological polar surface area (TPSA) is 98.3 Å². The number of carbonyl (C=O) groups is 1. The van der Waals surface area contributed by atoms with Crippen LogP contribution in [0.1, 0.15) is 11.7 Å². The Morgan fingerprint density at radius 1 is 1.62 bits per heavy atom. The van der Waals surface area contributed by atoms with Crippen LogP contribution in [-0.2, 0) is 4.79 Å². The second-order valence-corrected chi connectivity index (χ2v) is 2.32. The smallest absolute Gasteiger partial charge is 0.326 e. The first kappa shape index (κ1) is 9.40. The monoisotopic (exact) mass is 183 g/mol. The molecule has 1 rings (SSSR count). The molecule has 1 unspecified atom stereocenters. The number of hydrogen-bond donors (Lipinski definition) is 2. The maximum Gasteiger partial charge on any atom is 0.326 e. The summed E-state index contributed by atoms with van der Waals surface area (Å²) < 4.78 is 4.75. The molecule has 6 heteroatoms. The van der Waals surface area contributed by atoms with Gasteiger partial charge in [-0.05, 0) is 6.07 Å². The quantitative estimate of drug-likeness (QED) is 0.659. The Bertz CT molecular complexity index is 298. The van der Waals surface area contributed by atoms with Gasteiger partial charge in [0.25, 0.3) is 0 Å². The number of nitrogens with zero attached hydrogens (tertiary/aromatic N) is 2. The number of carboxylic acid groups (broad SMARTS) is 1. The number of ether oxygens (including phenoxy) is 1. The van der Waals surface area contributed by atoms with E-state index in [-0.39, 0.29) is 5.69 Å². The molecule has 0 aliphatic carbocycles. The van der Waals surface area contributed by atoms with Gasteiger partial charge in [0.15, 0.2) is 0 Å². The van der Waals surface area contributed by atoms with Crippen molar-refractivity contribution in [3.05, 3.63) is 17.8 Å². The van der Waals surface area contributed by atoms with Gasteiger partial charge in [0.2, 0.25) is 5.88 Å². The maximum absolute atomic E-state index is 10.4. The molecule has 0 fully saturated rings. The Hall–Kier alpha value is -1.69. The van der Waals surface area contributed by atoms with Crippen molar-refractivity contribution in [3.63, 3.8) is 0 Å². The third kappa shape index (κ3) is 2.12. The number of nitrogens with two attached hydrogens (primary N) is 1. The minimum absolute atomic E-state index is 0.202. The van der Waals surface area contributed by atoms with Crippen molar-refractivity contribution in [2.45, 2.75) is 6.04 Å². The first-order valence-corrected chi connectivity index (χ1v) is 3.51. The number of methoxy groups -OCH3 is 1. The van der Waals surface area contributed by atoms with Gasteiger partial charge in [-0.1, -0.05) is 0 Å². The minimum Gasteiger partial charge on any atom is -0.480 e. The van der Waals surface area contributed by atoms with Crippen LogP contribution < -0.4 is 10.5 Å². The summed E-state index contributed by atoms with van der Waals surface area (Å²) in [6.45, 7) is 0. The molecule has 13 heavy (non-hydrogen) atoms. The summed E-state index contributed by atoms with van der Waals surface area (Å²) in [5.74, 6) is -0.819. The van der Waals surface area contributed by atoms with E-state index in [9.17, 15) is 4.79 Å². The van der Waals surface area contributed by atoms with E-state index >= 15 is 0 Å². The van der Waals surface area contributed by atoms with Crippen LogP contribution in [0.15, 0.2) is 12.1 Å². The van der Waals surface area contributed by atoms with Gasteiger partial charge in [0, 0.05) is 6.07 Å². The lowest BCUT2D eigenvalue weighted by Gasteiger charge is -2.04. The molecule has 0 saturated heterocycles. The van der Waals surface area contributed by atoms with Crippen molar-refractivity contribution in [2.75, 3.05) is 7.11 Å². The molecule has 6 nitrogen and oxygen atoms in total. The minimum atomic E-state index is -1.14. The van der Waals surface area contributed by atoms with Gasteiger partial charge >= 0.3 is 5.97 Å². The molecule has 1 aromatic rings. The SMILES string of the molecule is COc1ccc(C(N)C(=O)O)nn1. The average Bonchev–Trinajstić information content (AvgIpc) is 2.17. The lowest BCUT2D eigenvalue weighted by atomic mass is 10.2. The Labute approximate surface area is 74.3 Å². The summed E-state index contributed by atoms with van der Waals surface area (Å²) in [5.41, 5.74) is 5.49. The molecule has 1 aromatic heterocycles. The Kier molecular flexibility index (Phi) is 2.76. The molecule has 3 N–H and O–H groups in total. The fraction of sp³-hybridized carbons (Fsp3) is 0.286. The van der Waals surface area contributed by atoms with Crippen LogP contribution in [0, 0.1) is 0 Å². The molecule has 0 spiro atoms. The van der Waals surface area contributed by atoms with Crippen molar-refractivity contribution in [2.24, 2.45) is 5.73 Å². The Morgan fingerprint density at radius 3 is 2.69 bits per heavy atom. The number of hydrogen-bond acceptors (Lipinski definition) is 5. The molecule has 0 aliphatic rings. The lowest BCUT2D eigenvalue weighted by Crippen LogP contribution is -2.22. The highest BCUT2D eigenvalue weighted by molar-refractivity contribution is 5.74. The summed E-state index contributed by atoms with van der Waals surface area (Å²) in [4.78, 5) is 10.4. The van der Waals surface area contributed by atoms with Crippen LogP contribution in [-0.4, -0.2) is 28.4 Å². The largest absolute Gasteiger partial charge is 0.480 e. The van der Waals surface area contributed by atoms with Crippen molar-refractivity contribution in [1.82, 2.24) is 10.2 Å². The van der Waals surface area contributed by atoms with Crippen LogP contribution in [0.25, 0.3) is 0 Å². The predicted molar refractivity (Wildman–Crippen MR) is 43.1 cm³/mol. The number of aliphatic carboxylic acids is 1. The van der Waals surface area contributed by atoms with E-state index in [4.69, 9.17) is 15.6 Å². The van der Waals surface area contributed by atoms with Gasteiger partial charge in [0.1, 0.15) is 6.04 Å². The standard InChI is InChI=1S/C7H9N3O3/c1-13-5-3-2-4(9-10-5)6(8)7(11)12/h2-3,6H,8H2,1H3,(H,11,12). The molecule has 1 heterocycles. The third-order valence-corrected chi connectivity index (χ3v) is 1.45. The number of carboxylic acids is 1. The zero-order valence-corrected chi connectivity index (χ0v) is 6.97. The maximum atomic E-state index is 10.4. The Balaban J connectivity index is 2.85. The van der Waals surface area contributed by atoms with E-state index in [2.05, 4.69) is 10.2 Å². The zero-order chi connectivity index (χ0) is 9.84. The van der Waals surface area contributed by atoms with Crippen LogP contribution in [0.2, 0.25) is 0 Å². The molecule has 0 saturated carbocycles. The summed E-state index contributed by atoms with van der Waals surface area (Å²) in [7, 11) is 1.45. The summed E-state index contributed by atoms with van der Waals surface area (Å²) in [6, 6.07) is 1.83. The summed E-state index contributed by atoms with van der Waals surface area (Å²) in [5, 5.41) is 15.7. The van der Waals surface area contributed by atoms with E-state index in [1.807, 2.05) is 0 Å². The highest BCUT2D eigenvalue weighted by atomic mass is 16.5. The highest BCUT2D eigenvalue weighted by Gasteiger charge is 2.15. The fourth-order valence-corrected chi connectivity index (χ4v) is 0.732. The van der Waals surface area contributed by atoms with Gasteiger partial charge in [-0.15, -0.1) is 10.2 Å². The second-order valence-electron chi connectivity index (χ2n) is 2.32. The second kappa shape index (κ2) is 3.81. The molecule has 0 aromatic carbocycles. The van der Waals surface area contributed by atoms with E-state index < -0.39 is 12.0 Å². The average molecular weight is 183 g/mol. The van der Waals surface area contributed by atoms with Crippen LogP contribution in [0.3, 0.4) is 0 Å². The molecule has 0 amide bonds. The van der Waals surface area contributed by atoms with Gasteiger partial charge in [-0.3, -0.25) is 4.79 Å². The van der Waals surface area contributed by atoms with Crippen LogP contribution in [0.5, 0.6) is 5.88 Å². The van der Waals surface area contributed by atoms with Crippen molar-refractivity contribution in [1.29, 1.82) is 0 Å². The van der Waals surface area contributed by atoms with Crippen molar-refractivity contribution in [3.8, 4) is 5.88 Å². The first-order valence-electron chi connectivity index (χ1n) is 3.51. The molecule has 70 valence electrons. The van der Waals surface area contributed by atoms with E-state index in [1.165, 1.54) is 19.2 Å². The highest BCUT2D eigenvalue weighted by Crippen LogP contribution is 2.09. The van der Waals surface area contributed by atoms with Crippen molar-refractivity contribution >= 4 is 5.97 Å². The van der Waals surface area contributed by atoms with E-state index in [0.717, 1.165) is 0 Å². The Morgan fingerprint density at radius 2 is 2.31 bits per heavy atom. The number of rotatable bonds is 3. The summed E-state index contributed by atoms with van der Waals surface area (Å²) >= 11 is 0. The molecule has 0 radical (unpaired) electrons. The van der Waals surface area contributed by atoms with Crippen molar-refractivity contribution < 1.29 is 14.6 Å². The third-order valence-electron chi connectivity index (χ3n) is 1.45. The van der Waals surface area contributed by atoms with E-state index in [0.29, 0.717) is 5.88 Å². The molecular formula is C7H9N3O3. The fourth-order valence-electron chi connectivity index (χ4n) is 0.732. The number of aromatic nitrogens is 2. The van der Waals surface area contributed by atoms with Crippen LogP contribution in [0.4, 0.5) is 0 Å². The van der Waals surface area contributed by atoms with Crippen LogP contribution >= 0.6 is 0 Å². The molecule has 0 aliphatic heterocycles. The first-order chi connectivity index (χ1) is 6.15. The molecular weight excluding hydrogens is 174 g/mol. The predicted octanol–water partition coefficient (Wildman–Crippen LogP) is -0.430. The zero-order valence-electron chi connectivity index (χ0n) is 6.97. The normalized spacial score (nSPS) is 12.2. The molecule has 0 bridgehead atoms.